The molecule has 2 aromatic rings. The van der Waals surface area contributed by atoms with Crippen LogP contribution in [0.4, 0.5) is 18.9 Å². The van der Waals surface area contributed by atoms with E-state index >= 15 is 0 Å². The minimum atomic E-state index is -0.654. The largest absolute Gasteiger partial charge is 0.376 e. The molecule has 1 unspecified atom stereocenters. The fourth-order valence-electron chi connectivity index (χ4n) is 1.88. The maximum Gasteiger partial charge on any atom is 0.147 e. The lowest BCUT2D eigenvalue weighted by Crippen LogP contribution is -2.10. The molecule has 1 N–H and O–H groups in total. The minimum Gasteiger partial charge on any atom is -0.376 e. The summed E-state index contributed by atoms with van der Waals surface area (Å²) in [5.74, 6) is -1.91. The molecule has 21 heavy (non-hydrogen) atoms. The molecular formula is C14H9BrCl2F3N. The Morgan fingerprint density at radius 3 is 2.38 bits per heavy atom. The molecule has 0 heterocycles. The average molecular weight is 399 g/mol. The van der Waals surface area contributed by atoms with Crippen molar-refractivity contribution in [3.63, 3.8) is 0 Å². The van der Waals surface area contributed by atoms with E-state index in [0.29, 0.717) is 0 Å². The quantitative estimate of drug-likeness (QED) is 0.594. The van der Waals surface area contributed by atoms with E-state index in [4.69, 9.17) is 23.2 Å². The summed E-state index contributed by atoms with van der Waals surface area (Å²) < 4.78 is 40.8. The predicted octanol–water partition coefficient (Wildman–Crippen LogP) is 6.35. The molecule has 0 spiro atoms. The van der Waals surface area contributed by atoms with Crippen LogP contribution in [0.15, 0.2) is 28.7 Å². The summed E-state index contributed by atoms with van der Waals surface area (Å²) in [4.78, 5) is 0. The van der Waals surface area contributed by atoms with Crippen molar-refractivity contribution in [3.8, 4) is 0 Å². The maximum absolute atomic E-state index is 13.8. The molecule has 0 radical (unpaired) electrons. The van der Waals surface area contributed by atoms with Crippen LogP contribution in [0.3, 0.4) is 0 Å². The highest BCUT2D eigenvalue weighted by Gasteiger charge is 2.19. The van der Waals surface area contributed by atoms with Gasteiger partial charge in [-0.1, -0.05) is 23.2 Å². The molecule has 1 nitrogen and oxygen atoms in total. The Morgan fingerprint density at radius 2 is 1.71 bits per heavy atom. The average Bonchev–Trinajstić information content (AvgIpc) is 2.41. The van der Waals surface area contributed by atoms with E-state index in [9.17, 15) is 13.2 Å². The van der Waals surface area contributed by atoms with Gasteiger partial charge in [0.25, 0.3) is 0 Å². The van der Waals surface area contributed by atoms with Gasteiger partial charge in [-0.2, -0.15) is 0 Å². The molecule has 0 aliphatic carbocycles. The van der Waals surface area contributed by atoms with Crippen molar-refractivity contribution in [3.05, 3.63) is 61.8 Å². The SMILES string of the molecule is CC(Nc1cc(F)c(Br)cc1F)c1c(Cl)ccc(F)c1Cl. The van der Waals surface area contributed by atoms with Gasteiger partial charge in [-0.05, 0) is 41.1 Å². The van der Waals surface area contributed by atoms with E-state index in [1.807, 2.05) is 0 Å². The molecule has 2 aromatic carbocycles. The second-order valence-corrected chi connectivity index (χ2v) is 6.01. The Bertz CT molecular complexity index is 694. The van der Waals surface area contributed by atoms with Crippen molar-refractivity contribution in [1.29, 1.82) is 0 Å². The van der Waals surface area contributed by atoms with Gasteiger partial charge in [0.2, 0.25) is 0 Å². The van der Waals surface area contributed by atoms with Crippen LogP contribution >= 0.6 is 39.1 Å². The maximum atomic E-state index is 13.8. The van der Waals surface area contributed by atoms with Gasteiger partial charge >= 0.3 is 0 Å². The first-order valence-corrected chi connectivity index (χ1v) is 7.40. The molecule has 1 atom stereocenters. The van der Waals surface area contributed by atoms with E-state index in [2.05, 4.69) is 21.2 Å². The van der Waals surface area contributed by atoms with Crippen LogP contribution in [0.5, 0.6) is 0 Å². The summed E-state index contributed by atoms with van der Waals surface area (Å²) in [5, 5.41) is 2.82. The molecule has 0 fully saturated rings. The number of hydrogen-bond donors (Lipinski definition) is 1. The van der Waals surface area contributed by atoms with Gasteiger partial charge in [0.05, 0.1) is 21.2 Å². The van der Waals surface area contributed by atoms with Gasteiger partial charge in [-0.3, -0.25) is 0 Å². The highest BCUT2D eigenvalue weighted by molar-refractivity contribution is 9.10. The van der Waals surface area contributed by atoms with Gasteiger partial charge < -0.3 is 5.32 Å². The third kappa shape index (κ3) is 3.47. The topological polar surface area (TPSA) is 12.0 Å². The Labute approximate surface area is 138 Å². The zero-order chi connectivity index (χ0) is 15.7. The van der Waals surface area contributed by atoms with Crippen LogP contribution in [0.1, 0.15) is 18.5 Å². The second-order valence-electron chi connectivity index (χ2n) is 4.37. The highest BCUT2D eigenvalue weighted by Crippen LogP contribution is 2.35. The van der Waals surface area contributed by atoms with E-state index in [1.165, 1.54) is 6.07 Å². The van der Waals surface area contributed by atoms with Crippen LogP contribution in [-0.4, -0.2) is 0 Å². The third-order valence-electron chi connectivity index (χ3n) is 2.89. The number of rotatable bonds is 3. The lowest BCUT2D eigenvalue weighted by atomic mass is 10.1. The van der Waals surface area contributed by atoms with Gasteiger partial charge in [-0.15, -0.1) is 0 Å². The summed E-state index contributed by atoms with van der Waals surface area (Å²) in [7, 11) is 0. The predicted molar refractivity (Wildman–Crippen MR) is 82.5 cm³/mol. The monoisotopic (exact) mass is 397 g/mol. The Hall–Kier alpha value is -0.910. The summed E-state index contributed by atoms with van der Waals surface area (Å²) in [6, 6.07) is 3.88. The van der Waals surface area contributed by atoms with Crippen molar-refractivity contribution in [2.45, 2.75) is 13.0 Å². The lowest BCUT2D eigenvalue weighted by molar-refractivity contribution is 0.594. The van der Waals surface area contributed by atoms with Gasteiger partial charge in [0, 0.05) is 16.7 Å². The zero-order valence-corrected chi connectivity index (χ0v) is 13.8. The molecule has 0 bridgehead atoms. The van der Waals surface area contributed by atoms with E-state index in [-0.39, 0.29) is 25.8 Å². The number of halogens is 6. The second kappa shape index (κ2) is 6.46. The normalized spacial score (nSPS) is 12.3. The lowest BCUT2D eigenvalue weighted by Gasteiger charge is -2.19. The van der Waals surface area contributed by atoms with Crippen molar-refractivity contribution in [1.82, 2.24) is 0 Å². The number of nitrogens with one attached hydrogen (secondary N) is 1. The van der Waals surface area contributed by atoms with Crippen LogP contribution < -0.4 is 5.32 Å². The highest BCUT2D eigenvalue weighted by atomic mass is 79.9. The molecule has 0 amide bonds. The number of benzene rings is 2. The van der Waals surface area contributed by atoms with E-state index in [1.54, 1.807) is 6.92 Å². The summed E-state index contributed by atoms with van der Waals surface area (Å²) in [5.41, 5.74) is 0.209. The number of hydrogen-bond acceptors (Lipinski definition) is 1. The van der Waals surface area contributed by atoms with E-state index < -0.39 is 23.5 Å². The van der Waals surface area contributed by atoms with Crippen LogP contribution in [0.2, 0.25) is 10.0 Å². The van der Waals surface area contributed by atoms with Crippen molar-refractivity contribution >= 4 is 44.8 Å². The molecule has 0 saturated carbocycles. The zero-order valence-electron chi connectivity index (χ0n) is 10.7. The molecule has 0 aromatic heterocycles. The molecule has 0 saturated heterocycles. The fraction of sp³-hybridized carbons (Fsp3) is 0.143. The van der Waals surface area contributed by atoms with Gasteiger partial charge in [0.1, 0.15) is 17.5 Å². The molecule has 0 aliphatic rings. The molecular weight excluding hydrogens is 390 g/mol. The van der Waals surface area contributed by atoms with Crippen LogP contribution in [0.25, 0.3) is 0 Å². The van der Waals surface area contributed by atoms with Crippen molar-refractivity contribution in [2.24, 2.45) is 0 Å². The standard InChI is InChI=1S/C14H9BrCl2F3N/c1-6(13-8(16)2-3-9(18)14(13)17)21-12-5-10(19)7(15)4-11(12)20/h2-6,21H,1H3. The fourth-order valence-corrected chi connectivity index (χ4v) is 2.89. The van der Waals surface area contributed by atoms with Crippen molar-refractivity contribution < 1.29 is 13.2 Å². The Kier molecular flexibility index (Phi) is 5.07. The minimum absolute atomic E-state index is 0.0139. The molecule has 2 rings (SSSR count). The molecule has 0 aliphatic heterocycles. The summed E-state index contributed by atoms with van der Waals surface area (Å²) in [6.45, 7) is 1.62. The van der Waals surface area contributed by atoms with Crippen LogP contribution in [-0.2, 0) is 0 Å². The Morgan fingerprint density at radius 1 is 1.05 bits per heavy atom. The summed E-state index contributed by atoms with van der Waals surface area (Å²) in [6.07, 6.45) is 0. The van der Waals surface area contributed by atoms with Gasteiger partial charge in [-0.25, -0.2) is 13.2 Å². The van der Waals surface area contributed by atoms with Crippen LogP contribution in [0, 0.1) is 17.5 Å². The van der Waals surface area contributed by atoms with E-state index in [0.717, 1.165) is 18.2 Å². The first kappa shape index (κ1) is 16.5. The third-order valence-corrected chi connectivity index (χ3v) is 4.22. The first-order chi connectivity index (χ1) is 9.81. The van der Waals surface area contributed by atoms with Crippen molar-refractivity contribution in [2.75, 3.05) is 5.32 Å². The first-order valence-electron chi connectivity index (χ1n) is 5.85. The molecule has 112 valence electrons. The van der Waals surface area contributed by atoms with Gasteiger partial charge in [0.15, 0.2) is 0 Å². The smallest absolute Gasteiger partial charge is 0.147 e. The summed E-state index contributed by atoms with van der Waals surface area (Å²) >= 11 is 14.8. The molecule has 7 heteroatoms. The number of anilines is 1. The Balaban J connectivity index is 2.37.